The lowest BCUT2D eigenvalue weighted by Crippen LogP contribution is -2.41. The van der Waals surface area contributed by atoms with Gasteiger partial charge in [-0.3, -0.25) is 5.41 Å². The maximum absolute atomic E-state index is 7.39. The summed E-state index contributed by atoms with van der Waals surface area (Å²) in [6.45, 7) is 2.46. The van der Waals surface area contributed by atoms with Crippen LogP contribution in [0.25, 0.3) is 0 Å². The molecule has 1 aliphatic heterocycles. The molecule has 0 atom stereocenters. The maximum Gasteiger partial charge on any atom is 0.0923 e. The minimum atomic E-state index is 0.253. The summed E-state index contributed by atoms with van der Waals surface area (Å²) >= 11 is 0. The third-order valence-corrected chi connectivity index (χ3v) is 3.34. The van der Waals surface area contributed by atoms with E-state index in [9.17, 15) is 0 Å². The van der Waals surface area contributed by atoms with Crippen LogP contribution in [0.4, 0.5) is 5.69 Å². The van der Waals surface area contributed by atoms with Crippen molar-refractivity contribution in [2.24, 2.45) is 5.73 Å². The van der Waals surface area contributed by atoms with Gasteiger partial charge < -0.3 is 15.4 Å². The molecule has 3 N–H and O–H groups in total. The Morgan fingerprint density at radius 2 is 1.94 bits per heavy atom. The molecule has 0 saturated carbocycles. The first-order valence-corrected chi connectivity index (χ1v) is 6.49. The number of rotatable bonds is 5. The Hall–Kier alpha value is -1.55. The monoisotopic (exact) mass is 247 g/mol. The number of hydrogen-bond acceptors (Lipinski definition) is 3. The summed E-state index contributed by atoms with van der Waals surface area (Å²) in [7, 11) is 0. The number of hydrogen-bond donors (Lipinski definition) is 2. The number of nitrogens with zero attached hydrogens (tertiary/aromatic N) is 1. The van der Waals surface area contributed by atoms with Crippen LogP contribution in [0.1, 0.15) is 19.3 Å². The third-order valence-electron chi connectivity index (χ3n) is 3.34. The fraction of sp³-hybridized carbons (Fsp3) is 0.500. The first-order chi connectivity index (χ1) is 8.77. The average molecular weight is 247 g/mol. The quantitative estimate of drug-likeness (QED) is 0.618. The summed E-state index contributed by atoms with van der Waals surface area (Å²) in [5, 5.41) is 7.39. The molecule has 18 heavy (non-hydrogen) atoms. The second-order valence-corrected chi connectivity index (χ2v) is 4.65. The SMILES string of the molecule is N=C(N)CCN(c1ccccc1)C1CCOCC1. The van der Waals surface area contributed by atoms with E-state index in [4.69, 9.17) is 15.9 Å². The van der Waals surface area contributed by atoms with Gasteiger partial charge in [0.1, 0.15) is 0 Å². The van der Waals surface area contributed by atoms with Gasteiger partial charge >= 0.3 is 0 Å². The first-order valence-electron chi connectivity index (χ1n) is 6.49. The van der Waals surface area contributed by atoms with Crippen LogP contribution >= 0.6 is 0 Å². The van der Waals surface area contributed by atoms with Crippen molar-refractivity contribution in [2.45, 2.75) is 25.3 Å². The van der Waals surface area contributed by atoms with Crippen molar-refractivity contribution in [1.82, 2.24) is 0 Å². The predicted octanol–water partition coefficient (Wildman–Crippen LogP) is 2.00. The Labute approximate surface area is 108 Å². The van der Waals surface area contributed by atoms with E-state index >= 15 is 0 Å². The molecule has 1 aliphatic rings. The molecule has 0 aromatic heterocycles. The van der Waals surface area contributed by atoms with Gasteiger partial charge in [0.05, 0.1) is 5.84 Å². The molecule has 1 aromatic rings. The van der Waals surface area contributed by atoms with E-state index in [1.165, 1.54) is 5.69 Å². The van der Waals surface area contributed by atoms with Crippen molar-refractivity contribution < 1.29 is 4.74 Å². The second-order valence-electron chi connectivity index (χ2n) is 4.65. The minimum Gasteiger partial charge on any atom is -0.388 e. The fourth-order valence-corrected chi connectivity index (χ4v) is 2.38. The van der Waals surface area contributed by atoms with Crippen molar-refractivity contribution in [3.8, 4) is 0 Å². The lowest BCUT2D eigenvalue weighted by Gasteiger charge is -2.36. The van der Waals surface area contributed by atoms with Gasteiger partial charge in [-0.2, -0.15) is 0 Å². The predicted molar refractivity (Wildman–Crippen MR) is 74.2 cm³/mol. The van der Waals surface area contributed by atoms with E-state index in [-0.39, 0.29) is 5.84 Å². The molecule has 0 bridgehead atoms. The highest BCUT2D eigenvalue weighted by atomic mass is 16.5. The number of nitrogens with one attached hydrogen (secondary N) is 1. The summed E-state index contributed by atoms with van der Waals surface area (Å²) < 4.78 is 5.42. The normalized spacial score (nSPS) is 16.4. The maximum atomic E-state index is 7.39. The molecular weight excluding hydrogens is 226 g/mol. The highest BCUT2D eigenvalue weighted by Gasteiger charge is 2.21. The number of nitrogens with two attached hydrogens (primary N) is 1. The van der Waals surface area contributed by atoms with Crippen LogP contribution in [0.2, 0.25) is 0 Å². The van der Waals surface area contributed by atoms with Crippen LogP contribution in [-0.2, 0) is 4.74 Å². The summed E-state index contributed by atoms with van der Waals surface area (Å²) in [5.74, 6) is 0.253. The van der Waals surface area contributed by atoms with Gasteiger partial charge in [-0.05, 0) is 25.0 Å². The molecule has 4 nitrogen and oxygen atoms in total. The van der Waals surface area contributed by atoms with Crippen LogP contribution in [0.5, 0.6) is 0 Å². The molecule has 4 heteroatoms. The number of para-hydroxylation sites is 1. The average Bonchev–Trinajstić information content (AvgIpc) is 2.41. The van der Waals surface area contributed by atoms with E-state index in [0.29, 0.717) is 12.5 Å². The zero-order chi connectivity index (χ0) is 12.8. The van der Waals surface area contributed by atoms with Crippen molar-refractivity contribution in [3.05, 3.63) is 30.3 Å². The minimum absolute atomic E-state index is 0.253. The lowest BCUT2D eigenvalue weighted by atomic mass is 10.1. The molecule has 0 unspecified atom stereocenters. The zero-order valence-electron chi connectivity index (χ0n) is 10.6. The highest BCUT2D eigenvalue weighted by molar-refractivity contribution is 5.77. The Morgan fingerprint density at radius 3 is 2.56 bits per heavy atom. The van der Waals surface area contributed by atoms with E-state index < -0.39 is 0 Å². The topological polar surface area (TPSA) is 62.3 Å². The summed E-state index contributed by atoms with van der Waals surface area (Å²) in [5.41, 5.74) is 6.69. The van der Waals surface area contributed by atoms with Crippen molar-refractivity contribution in [1.29, 1.82) is 5.41 Å². The molecule has 0 amide bonds. The summed E-state index contributed by atoms with van der Waals surface area (Å²) in [4.78, 5) is 2.37. The van der Waals surface area contributed by atoms with Crippen LogP contribution < -0.4 is 10.6 Å². The van der Waals surface area contributed by atoms with E-state index in [1.807, 2.05) is 6.07 Å². The Morgan fingerprint density at radius 1 is 1.28 bits per heavy atom. The molecule has 1 saturated heterocycles. The largest absolute Gasteiger partial charge is 0.388 e. The molecular formula is C14H21N3O. The number of ether oxygens (including phenoxy) is 1. The standard InChI is InChI=1S/C14H21N3O/c15-14(16)6-9-17(12-4-2-1-3-5-12)13-7-10-18-11-8-13/h1-5,13H,6-11H2,(H3,15,16). The Kier molecular flexibility index (Phi) is 4.59. The molecule has 1 heterocycles. The molecule has 0 spiro atoms. The van der Waals surface area contributed by atoms with Crippen LogP contribution in [0.3, 0.4) is 0 Å². The molecule has 1 fully saturated rings. The van der Waals surface area contributed by atoms with Crippen LogP contribution in [-0.4, -0.2) is 31.6 Å². The van der Waals surface area contributed by atoms with Gasteiger partial charge in [0.2, 0.25) is 0 Å². The number of amidine groups is 1. The summed E-state index contributed by atoms with van der Waals surface area (Å²) in [6.07, 6.45) is 2.71. The molecule has 0 aliphatic carbocycles. The number of benzene rings is 1. The third kappa shape index (κ3) is 3.47. The Bertz CT molecular complexity index is 374. The smallest absolute Gasteiger partial charge is 0.0923 e. The van der Waals surface area contributed by atoms with Crippen molar-refractivity contribution in [2.75, 3.05) is 24.7 Å². The zero-order valence-corrected chi connectivity index (χ0v) is 10.6. The highest BCUT2D eigenvalue weighted by Crippen LogP contribution is 2.22. The van der Waals surface area contributed by atoms with Gasteiger partial charge in [0, 0.05) is 37.9 Å². The second kappa shape index (κ2) is 6.40. The lowest BCUT2D eigenvalue weighted by molar-refractivity contribution is 0.0845. The van der Waals surface area contributed by atoms with Gasteiger partial charge in [-0.25, -0.2) is 0 Å². The van der Waals surface area contributed by atoms with Gasteiger partial charge in [0.25, 0.3) is 0 Å². The van der Waals surface area contributed by atoms with Crippen molar-refractivity contribution >= 4 is 11.5 Å². The van der Waals surface area contributed by atoms with Crippen molar-refractivity contribution in [3.63, 3.8) is 0 Å². The van der Waals surface area contributed by atoms with Crippen LogP contribution in [0, 0.1) is 5.41 Å². The van der Waals surface area contributed by atoms with Gasteiger partial charge in [-0.1, -0.05) is 18.2 Å². The first kappa shape index (κ1) is 12.9. The van der Waals surface area contributed by atoms with Gasteiger partial charge in [0.15, 0.2) is 0 Å². The molecule has 98 valence electrons. The van der Waals surface area contributed by atoms with E-state index in [2.05, 4.69) is 29.2 Å². The Balaban J connectivity index is 2.08. The molecule has 2 rings (SSSR count). The fourth-order valence-electron chi connectivity index (χ4n) is 2.38. The summed E-state index contributed by atoms with van der Waals surface area (Å²) in [6, 6.07) is 10.9. The van der Waals surface area contributed by atoms with E-state index in [1.54, 1.807) is 0 Å². The van der Waals surface area contributed by atoms with Crippen LogP contribution in [0.15, 0.2) is 30.3 Å². The van der Waals surface area contributed by atoms with E-state index in [0.717, 1.165) is 32.6 Å². The number of anilines is 1. The molecule has 1 aromatic carbocycles. The molecule has 0 radical (unpaired) electrons. The van der Waals surface area contributed by atoms with Gasteiger partial charge in [-0.15, -0.1) is 0 Å².